The van der Waals surface area contributed by atoms with Crippen LogP contribution in [0.1, 0.15) is 13.8 Å². The monoisotopic (exact) mass is 113 g/mol. The number of nitrogens with one attached hydrogen (secondary N) is 2. The Hall–Kier alpha value is -0.860. The number of amidine groups is 2. The van der Waals surface area contributed by atoms with Crippen molar-refractivity contribution in [3.63, 3.8) is 0 Å². The third-order valence-corrected chi connectivity index (χ3v) is 1.01. The fourth-order valence-electron chi connectivity index (χ4n) is 0.252. The van der Waals surface area contributed by atoms with Crippen LogP contribution in [0.5, 0.6) is 0 Å². The molecule has 3 heteroatoms. The molecule has 0 aliphatic carbocycles. The van der Waals surface area contributed by atoms with Gasteiger partial charge >= 0.3 is 0 Å². The van der Waals surface area contributed by atoms with E-state index >= 15 is 0 Å². The van der Waals surface area contributed by atoms with Crippen LogP contribution in [0.4, 0.5) is 0 Å². The van der Waals surface area contributed by atoms with Gasteiger partial charge in [-0.15, -0.1) is 0 Å². The molecule has 0 saturated heterocycles. The Morgan fingerprint density at radius 1 is 1.12 bits per heavy atom. The van der Waals surface area contributed by atoms with Crippen molar-refractivity contribution in [2.24, 2.45) is 0 Å². The van der Waals surface area contributed by atoms with Gasteiger partial charge in [0, 0.05) is 7.05 Å². The van der Waals surface area contributed by atoms with Gasteiger partial charge in [-0.1, -0.05) is 0 Å². The topological polar surface area (TPSA) is 50.9 Å². The maximum absolute atomic E-state index is 7.02. The first kappa shape index (κ1) is 7.14. The highest BCUT2D eigenvalue weighted by atomic mass is 15.2. The van der Waals surface area contributed by atoms with E-state index in [4.69, 9.17) is 10.8 Å². The Morgan fingerprint density at radius 2 is 1.38 bits per heavy atom. The second kappa shape index (κ2) is 2.45. The molecule has 0 aliphatic rings. The van der Waals surface area contributed by atoms with Crippen molar-refractivity contribution < 1.29 is 0 Å². The van der Waals surface area contributed by atoms with Crippen molar-refractivity contribution in [3.05, 3.63) is 0 Å². The molecule has 0 rings (SSSR count). The maximum atomic E-state index is 7.02. The lowest BCUT2D eigenvalue weighted by Gasteiger charge is -2.13. The third kappa shape index (κ3) is 1.73. The van der Waals surface area contributed by atoms with Crippen molar-refractivity contribution in [1.82, 2.24) is 4.90 Å². The summed E-state index contributed by atoms with van der Waals surface area (Å²) in [7, 11) is 1.70. The van der Waals surface area contributed by atoms with Gasteiger partial charge < -0.3 is 4.90 Å². The summed E-state index contributed by atoms with van der Waals surface area (Å²) in [5, 5.41) is 14.0. The second-order valence-electron chi connectivity index (χ2n) is 1.73. The summed E-state index contributed by atoms with van der Waals surface area (Å²) < 4.78 is 0. The second-order valence-corrected chi connectivity index (χ2v) is 1.73. The van der Waals surface area contributed by atoms with Crippen LogP contribution >= 0.6 is 0 Å². The zero-order valence-electron chi connectivity index (χ0n) is 5.45. The molecule has 0 aromatic heterocycles. The molecular weight excluding hydrogens is 102 g/mol. The number of rotatable bonds is 0. The smallest absolute Gasteiger partial charge is 0.0976 e. The molecule has 0 bridgehead atoms. The highest BCUT2D eigenvalue weighted by Crippen LogP contribution is 1.82. The summed E-state index contributed by atoms with van der Waals surface area (Å²) >= 11 is 0. The standard InChI is InChI=1S/C5H11N3/c1-4(6)8(3)5(2)7/h6-7H,1-3H3. The van der Waals surface area contributed by atoms with Crippen molar-refractivity contribution >= 4 is 11.7 Å². The van der Waals surface area contributed by atoms with Crippen LogP contribution in [0, 0.1) is 10.8 Å². The number of hydrogen-bond donors (Lipinski definition) is 2. The van der Waals surface area contributed by atoms with Gasteiger partial charge in [0.25, 0.3) is 0 Å². The molecule has 3 nitrogen and oxygen atoms in total. The van der Waals surface area contributed by atoms with Crippen LogP contribution in [0.15, 0.2) is 0 Å². The summed E-state index contributed by atoms with van der Waals surface area (Å²) in [5.41, 5.74) is 0. The molecule has 8 heavy (non-hydrogen) atoms. The van der Waals surface area contributed by atoms with E-state index in [1.165, 1.54) is 4.90 Å². The highest BCUT2D eigenvalue weighted by molar-refractivity contribution is 5.95. The zero-order chi connectivity index (χ0) is 6.73. The van der Waals surface area contributed by atoms with E-state index in [9.17, 15) is 0 Å². The molecule has 0 unspecified atom stereocenters. The lowest BCUT2D eigenvalue weighted by Crippen LogP contribution is -2.27. The van der Waals surface area contributed by atoms with Crippen LogP contribution in [0.25, 0.3) is 0 Å². The predicted molar refractivity (Wildman–Crippen MR) is 34.6 cm³/mol. The number of hydrogen-bond acceptors (Lipinski definition) is 2. The molecule has 2 N–H and O–H groups in total. The minimum absolute atomic E-state index is 0.400. The van der Waals surface area contributed by atoms with Crippen molar-refractivity contribution in [2.75, 3.05) is 7.05 Å². The van der Waals surface area contributed by atoms with Gasteiger partial charge in [0.1, 0.15) is 0 Å². The lowest BCUT2D eigenvalue weighted by molar-refractivity contribution is 0.728. The summed E-state index contributed by atoms with van der Waals surface area (Å²) in [6, 6.07) is 0. The van der Waals surface area contributed by atoms with E-state index in [1.54, 1.807) is 20.9 Å². The van der Waals surface area contributed by atoms with Gasteiger partial charge in [0.15, 0.2) is 0 Å². The van der Waals surface area contributed by atoms with Crippen LogP contribution in [-0.4, -0.2) is 23.6 Å². The highest BCUT2D eigenvalue weighted by Gasteiger charge is 1.96. The average Bonchev–Trinajstić information content (AvgIpc) is 1.64. The van der Waals surface area contributed by atoms with Gasteiger partial charge in [-0.05, 0) is 13.8 Å². The van der Waals surface area contributed by atoms with E-state index in [1.807, 2.05) is 0 Å². The predicted octanol–water partition coefficient (Wildman–Crippen LogP) is 0.913. The van der Waals surface area contributed by atoms with Crippen LogP contribution in [-0.2, 0) is 0 Å². The summed E-state index contributed by atoms with van der Waals surface area (Å²) in [5.74, 6) is 0.801. The molecule has 0 heterocycles. The Kier molecular flexibility index (Phi) is 2.19. The van der Waals surface area contributed by atoms with E-state index in [0.717, 1.165) is 0 Å². The molecule has 0 aromatic carbocycles. The van der Waals surface area contributed by atoms with Crippen molar-refractivity contribution in [1.29, 1.82) is 10.8 Å². The van der Waals surface area contributed by atoms with Crippen LogP contribution in [0.2, 0.25) is 0 Å². The van der Waals surface area contributed by atoms with E-state index in [-0.39, 0.29) is 0 Å². The molecule has 0 radical (unpaired) electrons. The number of nitrogens with zero attached hydrogens (tertiary/aromatic N) is 1. The van der Waals surface area contributed by atoms with Crippen LogP contribution in [0.3, 0.4) is 0 Å². The van der Waals surface area contributed by atoms with Gasteiger partial charge in [0.05, 0.1) is 11.7 Å². The Bertz CT molecular complexity index is 103. The molecule has 46 valence electrons. The molecule has 0 fully saturated rings. The molecule has 0 saturated carbocycles. The third-order valence-electron chi connectivity index (χ3n) is 1.01. The quantitative estimate of drug-likeness (QED) is 0.356. The fraction of sp³-hybridized carbons (Fsp3) is 0.600. The minimum atomic E-state index is 0.400. The normalized spacial score (nSPS) is 8.38. The first-order chi connectivity index (χ1) is 3.55. The first-order valence-corrected chi connectivity index (χ1v) is 2.39. The van der Waals surface area contributed by atoms with Gasteiger partial charge in [-0.3, -0.25) is 10.8 Å². The SMILES string of the molecule is CC(=N)N(C)C(C)=N. The summed E-state index contributed by atoms with van der Waals surface area (Å²) in [6.07, 6.45) is 0. The molecule has 0 aromatic rings. The van der Waals surface area contributed by atoms with Crippen molar-refractivity contribution in [3.8, 4) is 0 Å². The molecule has 0 spiro atoms. The summed E-state index contributed by atoms with van der Waals surface area (Å²) in [6.45, 7) is 3.30. The van der Waals surface area contributed by atoms with Gasteiger partial charge in [-0.2, -0.15) is 0 Å². The molecule has 0 aliphatic heterocycles. The van der Waals surface area contributed by atoms with Gasteiger partial charge in [0.2, 0.25) is 0 Å². The zero-order valence-corrected chi connectivity index (χ0v) is 5.45. The maximum Gasteiger partial charge on any atom is 0.0976 e. The van der Waals surface area contributed by atoms with Crippen molar-refractivity contribution in [2.45, 2.75) is 13.8 Å². The first-order valence-electron chi connectivity index (χ1n) is 2.39. The Labute approximate surface area is 49.3 Å². The molecule has 0 atom stereocenters. The van der Waals surface area contributed by atoms with E-state index in [2.05, 4.69) is 0 Å². The largest absolute Gasteiger partial charge is 0.323 e. The Balaban J connectivity index is 3.83. The lowest BCUT2D eigenvalue weighted by atomic mass is 10.5. The van der Waals surface area contributed by atoms with E-state index < -0.39 is 0 Å². The fourth-order valence-corrected chi connectivity index (χ4v) is 0.252. The Morgan fingerprint density at radius 3 is 1.38 bits per heavy atom. The van der Waals surface area contributed by atoms with E-state index in [0.29, 0.717) is 11.7 Å². The molecular formula is C5H11N3. The van der Waals surface area contributed by atoms with Gasteiger partial charge in [-0.25, -0.2) is 0 Å². The summed E-state index contributed by atoms with van der Waals surface area (Å²) in [4.78, 5) is 1.50. The van der Waals surface area contributed by atoms with Crippen LogP contribution < -0.4 is 0 Å². The molecule has 0 amide bonds. The average molecular weight is 113 g/mol. The minimum Gasteiger partial charge on any atom is -0.323 e.